The van der Waals surface area contributed by atoms with Crippen molar-refractivity contribution in [2.45, 2.75) is 12.8 Å². The zero-order chi connectivity index (χ0) is 18.5. The molecule has 2 aromatic rings. The average Bonchev–Trinajstić information content (AvgIpc) is 2.67. The number of hydrogen-bond donors (Lipinski definition) is 1. The molecule has 7 heteroatoms. The maximum atomic E-state index is 12.4. The van der Waals surface area contributed by atoms with Gasteiger partial charge in [0.15, 0.2) is 0 Å². The van der Waals surface area contributed by atoms with E-state index in [2.05, 4.69) is 0 Å². The number of anilines is 1. The first-order chi connectivity index (χ1) is 12.6. The molecule has 0 atom stereocenters. The van der Waals surface area contributed by atoms with Crippen LogP contribution in [-0.2, 0) is 11.2 Å². The van der Waals surface area contributed by atoms with Gasteiger partial charge in [-0.25, -0.2) is 0 Å². The number of nitrogens with zero attached hydrogens (tertiary/aromatic N) is 3. The molecule has 0 unspecified atom stereocenters. The van der Waals surface area contributed by atoms with Crippen LogP contribution in [0, 0.1) is 10.1 Å². The number of phenolic OH excluding ortho intramolecular Hbond substituents is 1. The van der Waals surface area contributed by atoms with E-state index in [1.165, 1.54) is 6.07 Å². The first-order valence-electron chi connectivity index (χ1n) is 8.59. The maximum absolute atomic E-state index is 12.4. The highest BCUT2D eigenvalue weighted by Gasteiger charge is 2.25. The van der Waals surface area contributed by atoms with Gasteiger partial charge in [0, 0.05) is 38.7 Å². The van der Waals surface area contributed by atoms with E-state index in [0.29, 0.717) is 44.7 Å². The summed E-state index contributed by atoms with van der Waals surface area (Å²) in [4.78, 5) is 27.0. The second kappa shape index (κ2) is 7.86. The highest BCUT2D eigenvalue weighted by molar-refractivity contribution is 5.77. The van der Waals surface area contributed by atoms with Crippen molar-refractivity contribution in [3.63, 3.8) is 0 Å². The number of nitro benzene ring substituents is 1. The van der Waals surface area contributed by atoms with Crippen molar-refractivity contribution < 1.29 is 14.8 Å². The Labute approximate surface area is 151 Å². The van der Waals surface area contributed by atoms with Crippen molar-refractivity contribution in [2.75, 3.05) is 31.1 Å². The standard InChI is InChI=1S/C19H21N3O4/c23-18-8-4-1-5-15(18)9-10-19(24)21-13-11-20(12-14-21)16-6-2-3-7-17(16)22(25)26/h1-8,23H,9-14H2. The van der Waals surface area contributed by atoms with Crippen molar-refractivity contribution in [3.8, 4) is 5.75 Å². The largest absolute Gasteiger partial charge is 0.508 e. The van der Waals surface area contributed by atoms with Gasteiger partial charge in [0.1, 0.15) is 11.4 Å². The molecular formula is C19H21N3O4. The first-order valence-corrected chi connectivity index (χ1v) is 8.59. The van der Waals surface area contributed by atoms with Gasteiger partial charge in [-0.3, -0.25) is 14.9 Å². The molecule has 0 aliphatic carbocycles. The molecule has 0 radical (unpaired) electrons. The highest BCUT2D eigenvalue weighted by Crippen LogP contribution is 2.28. The van der Waals surface area contributed by atoms with Gasteiger partial charge in [0.2, 0.25) is 5.91 Å². The van der Waals surface area contributed by atoms with Crippen LogP contribution in [0.3, 0.4) is 0 Å². The smallest absolute Gasteiger partial charge is 0.292 e. The minimum absolute atomic E-state index is 0.0375. The molecule has 0 aromatic heterocycles. The normalized spacial score (nSPS) is 14.3. The highest BCUT2D eigenvalue weighted by atomic mass is 16.6. The zero-order valence-corrected chi connectivity index (χ0v) is 14.4. The number of aryl methyl sites for hydroxylation is 1. The predicted molar refractivity (Wildman–Crippen MR) is 98.3 cm³/mol. The molecule has 136 valence electrons. The van der Waals surface area contributed by atoms with Crippen LogP contribution >= 0.6 is 0 Å². The molecule has 7 nitrogen and oxygen atoms in total. The lowest BCUT2D eigenvalue weighted by Gasteiger charge is -2.35. The Hall–Kier alpha value is -3.09. The van der Waals surface area contributed by atoms with Gasteiger partial charge < -0.3 is 14.9 Å². The van der Waals surface area contributed by atoms with Gasteiger partial charge >= 0.3 is 0 Å². The van der Waals surface area contributed by atoms with E-state index in [4.69, 9.17) is 0 Å². The van der Waals surface area contributed by atoms with Gasteiger partial charge in [0.25, 0.3) is 5.69 Å². The first kappa shape index (κ1) is 17.7. The number of rotatable bonds is 5. The number of hydrogen-bond acceptors (Lipinski definition) is 5. The predicted octanol–water partition coefficient (Wildman–Crippen LogP) is 2.58. The Morgan fingerprint density at radius 2 is 1.69 bits per heavy atom. The van der Waals surface area contributed by atoms with Crippen molar-refractivity contribution in [1.29, 1.82) is 0 Å². The quantitative estimate of drug-likeness (QED) is 0.658. The molecule has 1 amide bonds. The summed E-state index contributed by atoms with van der Waals surface area (Å²) < 4.78 is 0. The van der Waals surface area contributed by atoms with Crippen LogP contribution in [0.2, 0.25) is 0 Å². The monoisotopic (exact) mass is 355 g/mol. The fraction of sp³-hybridized carbons (Fsp3) is 0.316. The lowest BCUT2D eigenvalue weighted by molar-refractivity contribution is -0.384. The van der Waals surface area contributed by atoms with E-state index >= 15 is 0 Å². The second-order valence-electron chi connectivity index (χ2n) is 6.24. The van der Waals surface area contributed by atoms with Crippen LogP contribution in [0.4, 0.5) is 11.4 Å². The van der Waals surface area contributed by atoms with Crippen molar-refractivity contribution in [2.24, 2.45) is 0 Å². The Bertz CT molecular complexity index is 801. The molecule has 26 heavy (non-hydrogen) atoms. The fourth-order valence-electron chi connectivity index (χ4n) is 3.20. The van der Waals surface area contributed by atoms with Crippen molar-refractivity contribution >= 4 is 17.3 Å². The second-order valence-corrected chi connectivity index (χ2v) is 6.24. The number of carbonyl (C=O) groups excluding carboxylic acids is 1. The topological polar surface area (TPSA) is 86.9 Å². The third-order valence-corrected chi connectivity index (χ3v) is 4.65. The molecule has 0 saturated carbocycles. The molecule has 1 N–H and O–H groups in total. The molecule has 1 aliphatic heterocycles. The molecule has 3 rings (SSSR count). The number of benzene rings is 2. The minimum Gasteiger partial charge on any atom is -0.508 e. The van der Waals surface area contributed by atoms with E-state index in [0.717, 1.165) is 5.56 Å². The Morgan fingerprint density at radius 3 is 2.38 bits per heavy atom. The summed E-state index contributed by atoms with van der Waals surface area (Å²) in [5, 5.41) is 21.0. The van der Waals surface area contributed by atoms with Gasteiger partial charge in [-0.05, 0) is 24.1 Å². The van der Waals surface area contributed by atoms with Crippen molar-refractivity contribution in [3.05, 3.63) is 64.2 Å². The van der Waals surface area contributed by atoms with E-state index < -0.39 is 0 Å². The summed E-state index contributed by atoms with van der Waals surface area (Å²) in [7, 11) is 0. The van der Waals surface area contributed by atoms with Crippen LogP contribution in [0.1, 0.15) is 12.0 Å². The lowest BCUT2D eigenvalue weighted by atomic mass is 10.1. The van der Waals surface area contributed by atoms with Gasteiger partial charge in [-0.2, -0.15) is 0 Å². The number of nitro groups is 1. The van der Waals surface area contributed by atoms with Crippen molar-refractivity contribution in [1.82, 2.24) is 4.90 Å². The van der Waals surface area contributed by atoms with E-state index in [9.17, 15) is 20.0 Å². The van der Waals surface area contributed by atoms with Crippen LogP contribution in [0.15, 0.2) is 48.5 Å². The number of carbonyl (C=O) groups is 1. The summed E-state index contributed by atoms with van der Waals surface area (Å²) >= 11 is 0. The Kier molecular flexibility index (Phi) is 5.36. The third-order valence-electron chi connectivity index (χ3n) is 4.65. The summed E-state index contributed by atoms with van der Waals surface area (Å²) in [6.45, 7) is 2.19. The van der Waals surface area contributed by atoms with E-state index in [-0.39, 0.29) is 22.3 Å². The number of amides is 1. The Balaban J connectivity index is 1.56. The molecule has 1 saturated heterocycles. The number of para-hydroxylation sites is 3. The fourth-order valence-corrected chi connectivity index (χ4v) is 3.20. The molecular weight excluding hydrogens is 334 g/mol. The maximum Gasteiger partial charge on any atom is 0.292 e. The summed E-state index contributed by atoms with van der Waals surface area (Å²) in [6.07, 6.45) is 0.832. The average molecular weight is 355 g/mol. The van der Waals surface area contributed by atoms with Crippen LogP contribution in [0.25, 0.3) is 0 Å². The summed E-state index contributed by atoms with van der Waals surface area (Å²) in [5.74, 6) is 0.247. The Morgan fingerprint density at radius 1 is 1.04 bits per heavy atom. The van der Waals surface area contributed by atoms with Crippen LogP contribution < -0.4 is 4.90 Å². The number of piperazine rings is 1. The third kappa shape index (κ3) is 3.93. The van der Waals surface area contributed by atoms with Gasteiger partial charge in [-0.15, -0.1) is 0 Å². The van der Waals surface area contributed by atoms with Gasteiger partial charge in [-0.1, -0.05) is 30.3 Å². The minimum atomic E-state index is -0.376. The molecule has 0 spiro atoms. The summed E-state index contributed by atoms with van der Waals surface area (Å²) in [5.41, 5.74) is 1.45. The molecule has 1 aliphatic rings. The van der Waals surface area contributed by atoms with Crippen LogP contribution in [0.5, 0.6) is 5.75 Å². The van der Waals surface area contributed by atoms with E-state index in [1.807, 2.05) is 17.0 Å². The summed E-state index contributed by atoms with van der Waals surface area (Å²) in [6, 6.07) is 13.7. The van der Waals surface area contributed by atoms with Gasteiger partial charge in [0.05, 0.1) is 4.92 Å². The molecule has 1 heterocycles. The lowest BCUT2D eigenvalue weighted by Crippen LogP contribution is -2.49. The van der Waals surface area contributed by atoms with E-state index in [1.54, 1.807) is 35.2 Å². The number of aromatic hydroxyl groups is 1. The molecule has 1 fully saturated rings. The van der Waals surface area contributed by atoms with Crippen LogP contribution in [-0.4, -0.2) is 47.0 Å². The molecule has 0 bridgehead atoms. The zero-order valence-electron chi connectivity index (χ0n) is 14.4. The molecule has 2 aromatic carbocycles. The number of phenols is 1. The SMILES string of the molecule is O=C(CCc1ccccc1O)N1CCN(c2ccccc2[N+](=O)[O-])CC1.